The minimum atomic E-state index is 0.0587. The smallest absolute Gasteiger partial charge is 0.200 e. The maximum Gasteiger partial charge on any atom is 0.200 e. The summed E-state index contributed by atoms with van der Waals surface area (Å²) in [4.78, 5) is 0. The van der Waals surface area contributed by atoms with E-state index in [9.17, 15) is 5.11 Å². The number of hydrogen-bond donors (Lipinski definition) is 2. The van der Waals surface area contributed by atoms with Gasteiger partial charge < -0.3 is 19.9 Å². The number of rotatable bonds is 6. The number of benzene rings is 1. The molecule has 1 aromatic rings. The van der Waals surface area contributed by atoms with Crippen LogP contribution in [0.2, 0.25) is 0 Å². The lowest BCUT2D eigenvalue weighted by atomic mass is 10.1. The van der Waals surface area contributed by atoms with Crippen LogP contribution in [0.5, 0.6) is 17.2 Å². The standard InChI is InChI=1S/C16H25NO3/c1-11-4-5-12(6-11)9-17-10-13-7-14(19-2)16(18)15(8-13)20-3/h7-8,11-12,17-18H,4-6,9-10H2,1-3H3. The molecule has 0 amide bonds. The van der Waals surface area contributed by atoms with Crippen molar-refractivity contribution in [3.63, 3.8) is 0 Å². The van der Waals surface area contributed by atoms with E-state index in [1.807, 2.05) is 12.1 Å². The third-order valence-corrected chi connectivity index (χ3v) is 4.11. The van der Waals surface area contributed by atoms with E-state index >= 15 is 0 Å². The molecule has 0 spiro atoms. The molecule has 112 valence electrons. The summed E-state index contributed by atoms with van der Waals surface area (Å²) in [6.07, 6.45) is 4.01. The van der Waals surface area contributed by atoms with Gasteiger partial charge in [0.1, 0.15) is 0 Å². The van der Waals surface area contributed by atoms with Crippen molar-refractivity contribution in [2.24, 2.45) is 11.8 Å². The molecule has 2 atom stereocenters. The molecule has 0 heterocycles. The normalized spacial score (nSPS) is 21.9. The van der Waals surface area contributed by atoms with Crippen molar-refractivity contribution in [3.05, 3.63) is 17.7 Å². The average molecular weight is 279 g/mol. The molecule has 0 aromatic heterocycles. The van der Waals surface area contributed by atoms with Crippen LogP contribution in [-0.4, -0.2) is 25.9 Å². The van der Waals surface area contributed by atoms with E-state index in [0.29, 0.717) is 11.5 Å². The summed E-state index contributed by atoms with van der Waals surface area (Å²) >= 11 is 0. The number of nitrogens with one attached hydrogen (secondary N) is 1. The maximum absolute atomic E-state index is 9.87. The molecule has 0 saturated heterocycles. The summed E-state index contributed by atoms with van der Waals surface area (Å²) in [7, 11) is 3.09. The maximum atomic E-state index is 9.87. The van der Waals surface area contributed by atoms with Crippen LogP contribution in [0.1, 0.15) is 31.7 Å². The Balaban J connectivity index is 1.92. The van der Waals surface area contributed by atoms with Crippen molar-refractivity contribution in [3.8, 4) is 17.2 Å². The Labute approximate surface area is 121 Å². The SMILES string of the molecule is COc1cc(CNCC2CCC(C)C2)cc(OC)c1O. The molecular weight excluding hydrogens is 254 g/mol. The Morgan fingerprint density at radius 3 is 2.35 bits per heavy atom. The summed E-state index contributed by atoms with van der Waals surface area (Å²) in [5.74, 6) is 2.64. The summed E-state index contributed by atoms with van der Waals surface area (Å²) in [6.45, 7) is 4.14. The Kier molecular flexibility index (Phi) is 5.12. The monoisotopic (exact) mass is 279 g/mol. The van der Waals surface area contributed by atoms with Crippen molar-refractivity contribution >= 4 is 0 Å². The summed E-state index contributed by atoms with van der Waals surface area (Å²) in [5.41, 5.74) is 1.06. The second-order valence-electron chi connectivity index (χ2n) is 5.76. The fourth-order valence-corrected chi connectivity index (χ4v) is 2.98. The first kappa shape index (κ1) is 15.0. The molecule has 4 nitrogen and oxygen atoms in total. The lowest BCUT2D eigenvalue weighted by molar-refractivity contribution is 0.339. The number of phenols is 1. The quantitative estimate of drug-likeness (QED) is 0.840. The minimum absolute atomic E-state index is 0.0587. The van der Waals surface area contributed by atoms with E-state index < -0.39 is 0 Å². The number of phenolic OH excluding ortho intramolecular Hbond substituents is 1. The topological polar surface area (TPSA) is 50.7 Å². The second-order valence-corrected chi connectivity index (χ2v) is 5.76. The highest BCUT2D eigenvalue weighted by Gasteiger charge is 2.20. The zero-order valence-corrected chi connectivity index (χ0v) is 12.6. The molecule has 0 bridgehead atoms. The molecule has 1 aliphatic carbocycles. The van der Waals surface area contributed by atoms with Crippen molar-refractivity contribution in [1.82, 2.24) is 5.32 Å². The molecule has 1 aliphatic rings. The van der Waals surface area contributed by atoms with E-state index in [1.165, 1.54) is 19.3 Å². The molecule has 0 radical (unpaired) electrons. The van der Waals surface area contributed by atoms with Gasteiger partial charge in [-0.25, -0.2) is 0 Å². The van der Waals surface area contributed by atoms with Crippen LogP contribution >= 0.6 is 0 Å². The van der Waals surface area contributed by atoms with Crippen molar-refractivity contribution in [2.75, 3.05) is 20.8 Å². The Morgan fingerprint density at radius 1 is 1.20 bits per heavy atom. The highest BCUT2D eigenvalue weighted by Crippen LogP contribution is 2.37. The molecule has 0 aliphatic heterocycles. The van der Waals surface area contributed by atoms with E-state index in [0.717, 1.165) is 30.5 Å². The van der Waals surface area contributed by atoms with Gasteiger partial charge in [-0.3, -0.25) is 0 Å². The third kappa shape index (κ3) is 3.57. The Bertz CT molecular complexity index is 422. The number of ether oxygens (including phenoxy) is 2. The lowest BCUT2D eigenvalue weighted by Crippen LogP contribution is -2.21. The molecule has 20 heavy (non-hydrogen) atoms. The first-order valence-electron chi connectivity index (χ1n) is 7.28. The van der Waals surface area contributed by atoms with Gasteiger partial charge in [-0.1, -0.05) is 13.3 Å². The Hall–Kier alpha value is -1.42. The van der Waals surface area contributed by atoms with E-state index in [4.69, 9.17) is 9.47 Å². The first-order valence-corrected chi connectivity index (χ1v) is 7.28. The molecule has 1 fully saturated rings. The molecule has 1 saturated carbocycles. The molecule has 2 unspecified atom stereocenters. The van der Waals surface area contributed by atoms with Gasteiger partial charge in [0.2, 0.25) is 5.75 Å². The summed E-state index contributed by atoms with van der Waals surface area (Å²) < 4.78 is 10.3. The van der Waals surface area contributed by atoms with Crippen molar-refractivity contribution in [2.45, 2.75) is 32.7 Å². The fourth-order valence-electron chi connectivity index (χ4n) is 2.98. The van der Waals surface area contributed by atoms with Crippen molar-refractivity contribution < 1.29 is 14.6 Å². The largest absolute Gasteiger partial charge is 0.502 e. The van der Waals surface area contributed by atoms with Crippen LogP contribution in [0.3, 0.4) is 0 Å². The first-order chi connectivity index (χ1) is 9.63. The van der Waals surface area contributed by atoms with E-state index in [2.05, 4.69) is 12.2 Å². The van der Waals surface area contributed by atoms with Gasteiger partial charge >= 0.3 is 0 Å². The highest BCUT2D eigenvalue weighted by atomic mass is 16.5. The molecule has 2 N–H and O–H groups in total. The van der Waals surface area contributed by atoms with Crippen LogP contribution in [0.4, 0.5) is 0 Å². The van der Waals surface area contributed by atoms with E-state index in [-0.39, 0.29) is 5.75 Å². The predicted molar refractivity (Wildman–Crippen MR) is 79.4 cm³/mol. The predicted octanol–water partition coefficient (Wildman–Crippen LogP) is 2.94. The zero-order valence-electron chi connectivity index (χ0n) is 12.6. The summed E-state index contributed by atoms with van der Waals surface area (Å²) in [6, 6.07) is 3.70. The average Bonchev–Trinajstić information content (AvgIpc) is 2.86. The molecule has 2 rings (SSSR count). The lowest BCUT2D eigenvalue weighted by Gasteiger charge is -2.14. The van der Waals surface area contributed by atoms with E-state index in [1.54, 1.807) is 14.2 Å². The number of aromatic hydroxyl groups is 1. The van der Waals surface area contributed by atoms with Crippen LogP contribution < -0.4 is 14.8 Å². The Morgan fingerprint density at radius 2 is 1.85 bits per heavy atom. The number of hydrogen-bond acceptors (Lipinski definition) is 4. The zero-order chi connectivity index (χ0) is 14.5. The second kappa shape index (κ2) is 6.84. The van der Waals surface area contributed by atoms with Gasteiger partial charge in [0.05, 0.1) is 14.2 Å². The highest BCUT2D eigenvalue weighted by molar-refractivity contribution is 5.52. The van der Waals surface area contributed by atoms with Gasteiger partial charge in [0, 0.05) is 6.54 Å². The third-order valence-electron chi connectivity index (χ3n) is 4.11. The van der Waals surface area contributed by atoms with Gasteiger partial charge in [-0.2, -0.15) is 0 Å². The van der Waals surface area contributed by atoms with Crippen LogP contribution in [0.25, 0.3) is 0 Å². The molecular formula is C16H25NO3. The fraction of sp³-hybridized carbons (Fsp3) is 0.625. The van der Waals surface area contributed by atoms with Crippen LogP contribution in [-0.2, 0) is 6.54 Å². The van der Waals surface area contributed by atoms with Crippen molar-refractivity contribution in [1.29, 1.82) is 0 Å². The van der Waals surface area contributed by atoms with Gasteiger partial charge in [0.15, 0.2) is 11.5 Å². The molecule has 1 aromatic carbocycles. The van der Waals surface area contributed by atoms with Crippen LogP contribution in [0.15, 0.2) is 12.1 Å². The van der Waals surface area contributed by atoms with Gasteiger partial charge in [-0.05, 0) is 48.9 Å². The van der Waals surface area contributed by atoms with Crippen LogP contribution in [0, 0.1) is 11.8 Å². The number of methoxy groups -OCH3 is 2. The summed E-state index contributed by atoms with van der Waals surface area (Å²) in [5, 5.41) is 13.4. The minimum Gasteiger partial charge on any atom is -0.502 e. The van der Waals surface area contributed by atoms with Gasteiger partial charge in [-0.15, -0.1) is 0 Å². The van der Waals surface area contributed by atoms with Gasteiger partial charge in [0.25, 0.3) is 0 Å². The molecule has 4 heteroatoms.